The average Bonchev–Trinajstić information content (AvgIpc) is 3.19. The predicted octanol–water partition coefficient (Wildman–Crippen LogP) is 4.16. The highest BCUT2D eigenvalue weighted by atomic mass is 19.1. The molecule has 0 aliphatic rings. The van der Waals surface area contributed by atoms with E-state index in [4.69, 9.17) is 0 Å². The van der Waals surface area contributed by atoms with Gasteiger partial charge < -0.3 is 10.3 Å². The molecule has 0 spiro atoms. The van der Waals surface area contributed by atoms with E-state index in [1.807, 2.05) is 19.2 Å². The Morgan fingerprint density at radius 1 is 1.42 bits per heavy atom. The van der Waals surface area contributed by atoms with Crippen molar-refractivity contribution < 1.29 is 4.39 Å². The zero-order chi connectivity index (χ0) is 17.4. The van der Waals surface area contributed by atoms with Gasteiger partial charge in [0.25, 0.3) is 0 Å². The molecule has 0 fully saturated rings. The van der Waals surface area contributed by atoms with Crippen LogP contribution in [0.4, 0.5) is 4.39 Å². The van der Waals surface area contributed by atoms with Crippen LogP contribution in [0, 0.1) is 6.92 Å². The van der Waals surface area contributed by atoms with Crippen LogP contribution in [-0.4, -0.2) is 26.4 Å². The summed E-state index contributed by atoms with van der Waals surface area (Å²) in [7, 11) is 0. The number of halogens is 1. The van der Waals surface area contributed by atoms with Gasteiger partial charge in [0.2, 0.25) is 0 Å². The molecule has 132 valence electrons. The van der Waals surface area contributed by atoms with Crippen molar-refractivity contribution in [2.45, 2.75) is 58.5 Å². The number of aromatic amines is 1. The Balaban J connectivity index is 2.06. The maximum absolute atomic E-state index is 12.6. The molecular formula is C18H28FN5. The number of unbranched alkanes of at least 4 members (excludes halogenated alkanes) is 3. The maximum Gasteiger partial charge on any atom is 0.109 e. The summed E-state index contributed by atoms with van der Waals surface area (Å²) in [5.74, 6) is 0.901. The Kier molecular flexibility index (Phi) is 7.03. The van der Waals surface area contributed by atoms with Gasteiger partial charge in [0.1, 0.15) is 12.5 Å². The molecule has 1 atom stereocenters. The van der Waals surface area contributed by atoms with Crippen molar-refractivity contribution in [2.75, 3.05) is 6.67 Å². The topological polar surface area (TPSA) is 58.5 Å². The van der Waals surface area contributed by atoms with Crippen molar-refractivity contribution in [2.24, 2.45) is 0 Å². The van der Waals surface area contributed by atoms with E-state index in [1.165, 1.54) is 19.3 Å². The van der Waals surface area contributed by atoms with Gasteiger partial charge in [-0.1, -0.05) is 39.2 Å². The zero-order valence-corrected chi connectivity index (χ0v) is 14.7. The Hall–Kier alpha value is -2.11. The molecule has 5 nitrogen and oxygen atoms in total. The lowest BCUT2D eigenvalue weighted by molar-refractivity contribution is 0.424. The van der Waals surface area contributed by atoms with Gasteiger partial charge in [0.05, 0.1) is 35.9 Å². The van der Waals surface area contributed by atoms with E-state index < -0.39 is 6.67 Å². The number of hydrogen-bond donors (Lipinski definition) is 2. The highest BCUT2D eigenvalue weighted by Crippen LogP contribution is 2.22. The summed E-state index contributed by atoms with van der Waals surface area (Å²) in [6.07, 6.45) is 9.37. The number of alkyl halides is 1. The number of nitrogens with one attached hydrogen (secondary N) is 2. The molecule has 0 aliphatic heterocycles. The van der Waals surface area contributed by atoms with Crippen molar-refractivity contribution in [3.8, 4) is 0 Å². The second-order valence-electron chi connectivity index (χ2n) is 6.08. The van der Waals surface area contributed by atoms with Crippen molar-refractivity contribution in [3.05, 3.63) is 42.3 Å². The van der Waals surface area contributed by atoms with Gasteiger partial charge in [-0.05, 0) is 19.4 Å². The molecule has 0 saturated heterocycles. The highest BCUT2D eigenvalue weighted by molar-refractivity contribution is 5.58. The SMILES string of the molecule is C=C(NC(CCCCCC)c1cnc(C)[nH]1)c1ccnn1CCF. The van der Waals surface area contributed by atoms with Gasteiger partial charge in [-0.15, -0.1) is 0 Å². The quantitative estimate of drug-likeness (QED) is 0.607. The van der Waals surface area contributed by atoms with Crippen LogP contribution in [0.5, 0.6) is 0 Å². The first kappa shape index (κ1) is 18.2. The third-order valence-corrected chi connectivity index (χ3v) is 4.11. The highest BCUT2D eigenvalue weighted by Gasteiger charge is 2.16. The normalized spacial score (nSPS) is 12.3. The molecule has 24 heavy (non-hydrogen) atoms. The first-order valence-electron chi connectivity index (χ1n) is 8.70. The summed E-state index contributed by atoms with van der Waals surface area (Å²) in [5.41, 5.74) is 2.64. The Morgan fingerprint density at radius 2 is 2.25 bits per heavy atom. The number of aromatic nitrogens is 4. The van der Waals surface area contributed by atoms with Crippen molar-refractivity contribution in [3.63, 3.8) is 0 Å². The lowest BCUT2D eigenvalue weighted by Gasteiger charge is -2.21. The number of hydrogen-bond acceptors (Lipinski definition) is 3. The minimum absolute atomic E-state index is 0.115. The third-order valence-electron chi connectivity index (χ3n) is 4.11. The molecule has 2 heterocycles. The van der Waals surface area contributed by atoms with E-state index in [0.717, 1.165) is 35.8 Å². The minimum Gasteiger partial charge on any atom is -0.375 e. The number of rotatable bonds is 11. The molecule has 0 radical (unpaired) electrons. The summed E-state index contributed by atoms with van der Waals surface area (Å²) < 4.78 is 14.3. The van der Waals surface area contributed by atoms with E-state index in [2.05, 4.69) is 33.9 Å². The van der Waals surface area contributed by atoms with Crippen LogP contribution in [0.25, 0.3) is 5.70 Å². The molecular weight excluding hydrogens is 305 g/mol. The number of aryl methyl sites for hydroxylation is 2. The van der Waals surface area contributed by atoms with Crippen LogP contribution in [-0.2, 0) is 6.54 Å². The molecule has 2 aromatic rings. The zero-order valence-electron chi connectivity index (χ0n) is 14.7. The van der Waals surface area contributed by atoms with Crippen LogP contribution in [0.1, 0.15) is 62.3 Å². The minimum atomic E-state index is -0.442. The van der Waals surface area contributed by atoms with E-state index >= 15 is 0 Å². The molecule has 0 bridgehead atoms. The van der Waals surface area contributed by atoms with E-state index in [9.17, 15) is 4.39 Å². The summed E-state index contributed by atoms with van der Waals surface area (Å²) in [5, 5.41) is 7.63. The lowest BCUT2D eigenvalue weighted by Crippen LogP contribution is -2.22. The van der Waals surface area contributed by atoms with Gasteiger partial charge in [-0.2, -0.15) is 5.10 Å². The second-order valence-corrected chi connectivity index (χ2v) is 6.08. The predicted molar refractivity (Wildman–Crippen MR) is 95.2 cm³/mol. The molecule has 2 aromatic heterocycles. The van der Waals surface area contributed by atoms with E-state index in [1.54, 1.807) is 10.9 Å². The molecule has 1 unspecified atom stereocenters. The number of imidazole rings is 1. The van der Waals surface area contributed by atoms with Crippen molar-refractivity contribution in [1.82, 2.24) is 25.1 Å². The van der Waals surface area contributed by atoms with Crippen LogP contribution in [0.15, 0.2) is 25.0 Å². The second kappa shape index (κ2) is 9.25. The van der Waals surface area contributed by atoms with Gasteiger partial charge in [0, 0.05) is 6.20 Å². The van der Waals surface area contributed by atoms with Gasteiger partial charge in [0.15, 0.2) is 0 Å². The van der Waals surface area contributed by atoms with Crippen LogP contribution in [0.2, 0.25) is 0 Å². The van der Waals surface area contributed by atoms with Gasteiger partial charge in [-0.25, -0.2) is 9.37 Å². The Bertz CT molecular complexity index is 631. The lowest BCUT2D eigenvalue weighted by atomic mass is 10.0. The van der Waals surface area contributed by atoms with Crippen LogP contribution >= 0.6 is 0 Å². The van der Waals surface area contributed by atoms with Gasteiger partial charge >= 0.3 is 0 Å². The summed E-state index contributed by atoms with van der Waals surface area (Å²) >= 11 is 0. The fourth-order valence-electron chi connectivity index (χ4n) is 2.83. The molecule has 2 rings (SSSR count). The molecule has 2 N–H and O–H groups in total. The third kappa shape index (κ3) is 4.94. The van der Waals surface area contributed by atoms with Crippen molar-refractivity contribution in [1.29, 1.82) is 0 Å². The summed E-state index contributed by atoms with van der Waals surface area (Å²) in [4.78, 5) is 7.62. The van der Waals surface area contributed by atoms with Crippen LogP contribution < -0.4 is 5.32 Å². The summed E-state index contributed by atoms with van der Waals surface area (Å²) in [6, 6.07) is 1.97. The maximum atomic E-state index is 12.6. The molecule has 0 amide bonds. The monoisotopic (exact) mass is 333 g/mol. The number of nitrogens with zero attached hydrogens (tertiary/aromatic N) is 3. The summed E-state index contributed by atoms with van der Waals surface area (Å²) in [6.45, 7) is 8.09. The van der Waals surface area contributed by atoms with E-state index in [0.29, 0.717) is 0 Å². The largest absolute Gasteiger partial charge is 0.375 e. The van der Waals surface area contributed by atoms with E-state index in [-0.39, 0.29) is 12.6 Å². The smallest absolute Gasteiger partial charge is 0.109 e. The first-order chi connectivity index (χ1) is 11.7. The molecule has 0 aromatic carbocycles. The first-order valence-corrected chi connectivity index (χ1v) is 8.70. The average molecular weight is 333 g/mol. The van der Waals surface area contributed by atoms with Crippen LogP contribution in [0.3, 0.4) is 0 Å². The Morgan fingerprint density at radius 3 is 2.92 bits per heavy atom. The standard InChI is InChI=1S/C18H28FN5/c1-4-5-6-7-8-16(17-13-20-15(3)23-17)22-14(2)18-9-11-21-24(18)12-10-19/h9,11,13,16,22H,2,4-8,10,12H2,1,3H3,(H,20,23). The van der Waals surface area contributed by atoms with Gasteiger partial charge in [-0.3, -0.25) is 4.68 Å². The molecule has 0 aliphatic carbocycles. The molecule has 0 saturated carbocycles. The Labute approximate surface area is 143 Å². The molecule has 6 heteroatoms. The number of H-pyrrole nitrogens is 1. The fraction of sp³-hybridized carbons (Fsp3) is 0.556. The van der Waals surface area contributed by atoms with Crippen molar-refractivity contribution >= 4 is 5.70 Å². The fourth-order valence-corrected chi connectivity index (χ4v) is 2.83.